The average Bonchev–Trinajstić information content (AvgIpc) is 3.28. The van der Waals surface area contributed by atoms with Crippen LogP contribution in [-0.2, 0) is 4.79 Å². The highest BCUT2D eigenvalue weighted by molar-refractivity contribution is 6.31. The summed E-state index contributed by atoms with van der Waals surface area (Å²) < 4.78 is 5.81. The number of hydrogen-bond acceptors (Lipinski definition) is 8. The molecule has 2 aromatic carbocycles. The number of carboxylic acid groups (broad SMARTS) is 1. The maximum absolute atomic E-state index is 13.4. The number of carboxylic acids is 1. The largest absolute Gasteiger partial charge is 0.478 e. The van der Waals surface area contributed by atoms with Gasteiger partial charge in [-0.1, -0.05) is 41.9 Å². The van der Waals surface area contributed by atoms with E-state index in [1.807, 2.05) is 25.1 Å². The number of aromatic nitrogens is 2. The molecule has 0 saturated heterocycles. The molecule has 1 unspecified atom stereocenters. The monoisotopic (exact) mass is 516 g/mol. The molecule has 3 heterocycles. The van der Waals surface area contributed by atoms with Gasteiger partial charge in [0.25, 0.3) is 5.91 Å². The van der Waals surface area contributed by atoms with Gasteiger partial charge < -0.3 is 20.2 Å². The molecule has 4 aromatic rings. The third kappa shape index (κ3) is 4.87. The first kappa shape index (κ1) is 24.0. The summed E-state index contributed by atoms with van der Waals surface area (Å²) in [5.41, 5.74) is 3.72. The van der Waals surface area contributed by atoms with Crippen LogP contribution in [-0.4, -0.2) is 32.9 Å². The normalized spacial score (nSPS) is 15.2. The lowest BCUT2D eigenvalue weighted by Crippen LogP contribution is -2.37. The molecule has 0 saturated carbocycles. The van der Waals surface area contributed by atoms with Crippen molar-refractivity contribution in [2.75, 3.05) is 10.6 Å². The van der Waals surface area contributed by atoms with Crippen molar-refractivity contribution in [2.24, 2.45) is 4.99 Å². The lowest BCUT2D eigenvalue weighted by atomic mass is 9.95. The minimum absolute atomic E-state index is 0.00139. The molecule has 0 aliphatic carbocycles. The highest BCUT2D eigenvalue weighted by Gasteiger charge is 2.31. The van der Waals surface area contributed by atoms with Crippen LogP contribution < -0.4 is 16.0 Å². The first-order valence-electron chi connectivity index (χ1n) is 11.2. The number of carbonyl (C=O) groups excluding carboxylic acids is 1. The second-order valence-corrected chi connectivity index (χ2v) is 8.73. The SMILES string of the molecule is CC1=C(C(=O)Nc2cc(C(=O)O)ccn2)C(c2ccccc2Cl)N=C(Nc2nc3c(C)cccc3o2)N1. The first-order valence-corrected chi connectivity index (χ1v) is 11.6. The molecular weight excluding hydrogens is 496 g/mol. The molecule has 1 atom stereocenters. The number of fused-ring (bicyclic) bond motifs is 1. The number of amides is 1. The van der Waals surface area contributed by atoms with Gasteiger partial charge in [0.2, 0.25) is 5.96 Å². The Morgan fingerprint density at radius 1 is 1.11 bits per heavy atom. The van der Waals surface area contributed by atoms with Gasteiger partial charge in [0.1, 0.15) is 17.4 Å². The number of aryl methyl sites for hydroxylation is 1. The fourth-order valence-electron chi connectivity index (χ4n) is 4.01. The number of rotatable bonds is 5. The Morgan fingerprint density at radius 2 is 1.92 bits per heavy atom. The summed E-state index contributed by atoms with van der Waals surface area (Å²) in [4.78, 5) is 38.0. The molecule has 0 bridgehead atoms. The minimum Gasteiger partial charge on any atom is -0.478 e. The van der Waals surface area contributed by atoms with Crippen LogP contribution in [0.4, 0.5) is 11.8 Å². The molecule has 11 heteroatoms. The van der Waals surface area contributed by atoms with E-state index in [9.17, 15) is 14.7 Å². The number of allylic oxidation sites excluding steroid dienone is 1. The Morgan fingerprint density at radius 3 is 2.68 bits per heavy atom. The maximum atomic E-state index is 13.4. The number of anilines is 2. The Bertz CT molecular complexity index is 1610. The van der Waals surface area contributed by atoms with Gasteiger partial charge in [0.15, 0.2) is 5.58 Å². The molecule has 37 heavy (non-hydrogen) atoms. The van der Waals surface area contributed by atoms with E-state index in [-0.39, 0.29) is 23.0 Å². The molecular formula is C26H21ClN6O4. The first-order chi connectivity index (χ1) is 17.8. The lowest BCUT2D eigenvalue weighted by Gasteiger charge is -2.26. The summed E-state index contributed by atoms with van der Waals surface area (Å²) in [7, 11) is 0. The minimum atomic E-state index is -1.13. The van der Waals surface area contributed by atoms with Crippen molar-refractivity contribution < 1.29 is 19.1 Å². The van der Waals surface area contributed by atoms with Gasteiger partial charge in [-0.15, -0.1) is 0 Å². The van der Waals surface area contributed by atoms with Gasteiger partial charge >= 0.3 is 12.0 Å². The highest BCUT2D eigenvalue weighted by Crippen LogP contribution is 2.35. The van der Waals surface area contributed by atoms with Gasteiger partial charge in [-0.2, -0.15) is 4.98 Å². The molecule has 186 valence electrons. The fraction of sp³-hybridized carbons (Fsp3) is 0.115. The average molecular weight is 517 g/mol. The smallest absolute Gasteiger partial charge is 0.335 e. The Hall–Kier alpha value is -4.70. The standard InChI is InChI=1S/C26H21ClN6O4/c1-13-6-5-9-18-21(13)32-26(37-18)33-25-29-14(2)20(22(31-25)16-7-3-4-8-17(16)27)23(34)30-19-12-15(24(35)36)10-11-28-19/h3-12,22H,1-2H3,(H,35,36)(H,28,30,34)(H2,29,31,32,33). The van der Waals surface area contributed by atoms with Crippen LogP contribution in [0.25, 0.3) is 11.1 Å². The maximum Gasteiger partial charge on any atom is 0.335 e. The summed E-state index contributed by atoms with van der Waals surface area (Å²) >= 11 is 6.50. The van der Waals surface area contributed by atoms with Crippen molar-refractivity contribution in [3.63, 3.8) is 0 Å². The van der Waals surface area contributed by atoms with E-state index in [0.29, 0.717) is 27.8 Å². The number of pyridine rings is 1. The van der Waals surface area contributed by atoms with E-state index >= 15 is 0 Å². The molecule has 2 aromatic heterocycles. The third-order valence-electron chi connectivity index (χ3n) is 5.78. The van der Waals surface area contributed by atoms with Gasteiger partial charge in [-0.05, 0) is 43.7 Å². The van der Waals surface area contributed by atoms with Crippen LogP contribution in [0.3, 0.4) is 0 Å². The van der Waals surface area contributed by atoms with Gasteiger partial charge in [-0.3, -0.25) is 10.1 Å². The van der Waals surface area contributed by atoms with E-state index in [2.05, 4.69) is 25.9 Å². The fourth-order valence-corrected chi connectivity index (χ4v) is 4.25. The highest BCUT2D eigenvalue weighted by atomic mass is 35.5. The van der Waals surface area contributed by atoms with Crippen molar-refractivity contribution in [3.8, 4) is 0 Å². The topological polar surface area (TPSA) is 142 Å². The van der Waals surface area contributed by atoms with Gasteiger partial charge in [0.05, 0.1) is 11.1 Å². The molecule has 1 aliphatic heterocycles. The number of aliphatic imine (C=N–C) groups is 1. The number of aromatic carboxylic acids is 1. The Kier molecular flexibility index (Phi) is 6.33. The quantitative estimate of drug-likeness (QED) is 0.293. The molecule has 1 amide bonds. The molecule has 1 aliphatic rings. The summed E-state index contributed by atoms with van der Waals surface area (Å²) in [6.45, 7) is 3.67. The zero-order valence-electron chi connectivity index (χ0n) is 19.7. The predicted molar refractivity (Wildman–Crippen MR) is 140 cm³/mol. The van der Waals surface area contributed by atoms with Crippen molar-refractivity contribution in [2.45, 2.75) is 19.9 Å². The van der Waals surface area contributed by atoms with Crippen LogP contribution in [0.1, 0.15) is 34.5 Å². The molecule has 10 nitrogen and oxygen atoms in total. The van der Waals surface area contributed by atoms with Crippen LogP contribution in [0.5, 0.6) is 0 Å². The van der Waals surface area contributed by atoms with E-state index in [4.69, 9.17) is 21.0 Å². The van der Waals surface area contributed by atoms with Crippen molar-refractivity contribution in [1.82, 2.24) is 15.3 Å². The summed E-state index contributed by atoms with van der Waals surface area (Å²) in [5.74, 6) is -1.23. The zero-order valence-corrected chi connectivity index (χ0v) is 20.5. The predicted octanol–water partition coefficient (Wildman–Crippen LogP) is 4.91. The van der Waals surface area contributed by atoms with Gasteiger partial charge in [0, 0.05) is 22.5 Å². The Labute approximate surface area is 216 Å². The van der Waals surface area contributed by atoms with E-state index < -0.39 is 17.9 Å². The van der Waals surface area contributed by atoms with Crippen LogP contribution in [0.2, 0.25) is 5.02 Å². The summed E-state index contributed by atoms with van der Waals surface area (Å²) in [6, 6.07) is 14.8. The Balaban J connectivity index is 1.49. The second kappa shape index (κ2) is 9.75. The van der Waals surface area contributed by atoms with E-state index in [1.165, 1.54) is 18.3 Å². The van der Waals surface area contributed by atoms with E-state index in [0.717, 1.165) is 11.1 Å². The number of oxazole rings is 1. The number of guanidine groups is 1. The second-order valence-electron chi connectivity index (χ2n) is 8.32. The molecule has 4 N–H and O–H groups in total. The number of benzene rings is 2. The molecule has 0 fully saturated rings. The van der Waals surface area contributed by atoms with Crippen LogP contribution in [0.15, 0.2) is 81.5 Å². The van der Waals surface area contributed by atoms with Crippen molar-refractivity contribution in [3.05, 3.63) is 93.8 Å². The molecule has 0 radical (unpaired) electrons. The van der Waals surface area contributed by atoms with E-state index in [1.54, 1.807) is 31.2 Å². The van der Waals surface area contributed by atoms with Gasteiger partial charge in [-0.25, -0.2) is 14.8 Å². The number of nitrogens with zero attached hydrogens (tertiary/aromatic N) is 3. The number of carbonyl (C=O) groups is 2. The number of hydrogen-bond donors (Lipinski definition) is 4. The number of halogens is 1. The number of para-hydroxylation sites is 1. The van der Waals surface area contributed by atoms with Crippen LogP contribution >= 0.6 is 11.6 Å². The molecule has 0 spiro atoms. The molecule has 5 rings (SSSR count). The zero-order chi connectivity index (χ0) is 26.1. The summed E-state index contributed by atoms with van der Waals surface area (Å²) in [5, 5.41) is 18.5. The number of nitrogens with one attached hydrogen (secondary N) is 3. The lowest BCUT2D eigenvalue weighted by molar-refractivity contribution is -0.113. The third-order valence-corrected chi connectivity index (χ3v) is 6.12. The summed E-state index contributed by atoms with van der Waals surface area (Å²) in [6.07, 6.45) is 1.31. The van der Waals surface area contributed by atoms with Crippen LogP contribution in [0, 0.1) is 6.92 Å². The van der Waals surface area contributed by atoms with Crippen molar-refractivity contribution in [1.29, 1.82) is 0 Å². The van der Waals surface area contributed by atoms with Crippen molar-refractivity contribution >= 4 is 52.4 Å².